The molecule has 0 radical (unpaired) electrons. The van der Waals surface area contributed by atoms with E-state index in [1.54, 1.807) is 19.1 Å². The standard InChI is InChI=1S/C19H20ClNO2/c1-2-23-19(22)17(12-15-8-10-18(20)11-9-15)14-21-13-16-6-4-3-5-7-16/h3-12,21H,2,13-14H2,1H3/b17-12+. The molecule has 0 bridgehead atoms. The lowest BCUT2D eigenvalue weighted by Gasteiger charge is -2.09. The van der Waals surface area contributed by atoms with Crippen molar-refractivity contribution in [1.82, 2.24) is 5.32 Å². The van der Waals surface area contributed by atoms with E-state index in [4.69, 9.17) is 16.3 Å². The summed E-state index contributed by atoms with van der Waals surface area (Å²) in [7, 11) is 0. The van der Waals surface area contributed by atoms with Gasteiger partial charge in [0, 0.05) is 18.1 Å². The van der Waals surface area contributed by atoms with Crippen molar-refractivity contribution < 1.29 is 9.53 Å². The van der Waals surface area contributed by atoms with E-state index >= 15 is 0 Å². The van der Waals surface area contributed by atoms with Gasteiger partial charge in [0.1, 0.15) is 0 Å². The normalized spacial score (nSPS) is 11.3. The number of rotatable bonds is 7. The highest BCUT2D eigenvalue weighted by molar-refractivity contribution is 6.30. The van der Waals surface area contributed by atoms with Crippen LogP contribution in [0.4, 0.5) is 0 Å². The molecule has 3 nitrogen and oxygen atoms in total. The molecule has 0 atom stereocenters. The molecule has 0 saturated heterocycles. The van der Waals surface area contributed by atoms with Gasteiger partial charge in [0.05, 0.1) is 12.2 Å². The van der Waals surface area contributed by atoms with Crippen LogP contribution in [0.5, 0.6) is 0 Å². The molecule has 2 aromatic rings. The first kappa shape index (κ1) is 17.3. The first-order chi connectivity index (χ1) is 11.2. The van der Waals surface area contributed by atoms with Crippen LogP contribution in [0, 0.1) is 0 Å². The Balaban J connectivity index is 2.04. The number of halogens is 1. The highest BCUT2D eigenvalue weighted by atomic mass is 35.5. The lowest BCUT2D eigenvalue weighted by Crippen LogP contribution is -2.22. The van der Waals surface area contributed by atoms with Crippen molar-refractivity contribution in [3.05, 3.63) is 76.3 Å². The molecular formula is C19H20ClNO2. The molecular weight excluding hydrogens is 310 g/mol. The first-order valence-corrected chi connectivity index (χ1v) is 7.94. The topological polar surface area (TPSA) is 38.3 Å². The Morgan fingerprint density at radius 2 is 1.83 bits per heavy atom. The van der Waals surface area contributed by atoms with E-state index in [1.165, 1.54) is 5.56 Å². The average molecular weight is 330 g/mol. The van der Waals surface area contributed by atoms with Gasteiger partial charge in [-0.1, -0.05) is 54.1 Å². The summed E-state index contributed by atoms with van der Waals surface area (Å²) in [6.07, 6.45) is 1.83. The number of carbonyl (C=O) groups excluding carboxylic acids is 1. The minimum absolute atomic E-state index is 0.303. The second-order valence-corrected chi connectivity index (χ2v) is 5.47. The molecule has 0 saturated carbocycles. The Hall–Kier alpha value is -2.10. The Kier molecular flexibility index (Phi) is 6.85. The smallest absolute Gasteiger partial charge is 0.335 e. The van der Waals surface area contributed by atoms with E-state index in [0.717, 1.165) is 5.56 Å². The van der Waals surface area contributed by atoms with Gasteiger partial charge in [0.15, 0.2) is 0 Å². The van der Waals surface area contributed by atoms with Crippen molar-refractivity contribution >= 4 is 23.6 Å². The fourth-order valence-corrected chi connectivity index (χ4v) is 2.23. The fraction of sp³-hybridized carbons (Fsp3) is 0.211. The van der Waals surface area contributed by atoms with Crippen LogP contribution in [0.3, 0.4) is 0 Å². The van der Waals surface area contributed by atoms with Gasteiger partial charge in [-0.2, -0.15) is 0 Å². The highest BCUT2D eigenvalue weighted by Crippen LogP contribution is 2.13. The van der Waals surface area contributed by atoms with Gasteiger partial charge in [-0.15, -0.1) is 0 Å². The second-order valence-electron chi connectivity index (χ2n) is 5.03. The maximum atomic E-state index is 12.1. The molecule has 120 valence electrons. The van der Waals surface area contributed by atoms with Crippen LogP contribution in [0.1, 0.15) is 18.1 Å². The third kappa shape index (κ3) is 5.89. The molecule has 0 spiro atoms. The van der Waals surface area contributed by atoms with Crippen LogP contribution in [0.15, 0.2) is 60.2 Å². The highest BCUT2D eigenvalue weighted by Gasteiger charge is 2.10. The van der Waals surface area contributed by atoms with Crippen molar-refractivity contribution in [2.24, 2.45) is 0 Å². The molecule has 0 amide bonds. The number of nitrogens with one attached hydrogen (secondary N) is 1. The van der Waals surface area contributed by atoms with Gasteiger partial charge in [-0.3, -0.25) is 0 Å². The van der Waals surface area contributed by atoms with Gasteiger partial charge in [0.2, 0.25) is 0 Å². The van der Waals surface area contributed by atoms with E-state index in [-0.39, 0.29) is 5.97 Å². The maximum absolute atomic E-state index is 12.1. The Morgan fingerprint density at radius 1 is 1.13 bits per heavy atom. The molecule has 4 heteroatoms. The number of hydrogen-bond acceptors (Lipinski definition) is 3. The maximum Gasteiger partial charge on any atom is 0.335 e. The van der Waals surface area contributed by atoms with Crippen molar-refractivity contribution in [3.63, 3.8) is 0 Å². The Bertz CT molecular complexity index is 651. The predicted molar refractivity (Wildman–Crippen MR) is 94.2 cm³/mol. The summed E-state index contributed by atoms with van der Waals surface area (Å²) in [5, 5.41) is 3.95. The van der Waals surface area contributed by atoms with Crippen LogP contribution >= 0.6 is 11.6 Å². The molecule has 2 rings (SSSR count). The molecule has 23 heavy (non-hydrogen) atoms. The number of esters is 1. The third-order valence-corrected chi connectivity index (χ3v) is 3.49. The summed E-state index contributed by atoms with van der Waals surface area (Å²) in [4.78, 5) is 12.1. The molecule has 0 aliphatic carbocycles. The molecule has 0 aliphatic rings. The fourth-order valence-electron chi connectivity index (χ4n) is 2.10. The summed E-state index contributed by atoms with van der Waals surface area (Å²) in [6.45, 7) is 3.29. The SMILES string of the molecule is CCOC(=O)/C(=C/c1ccc(Cl)cc1)CNCc1ccccc1. The van der Waals surface area contributed by atoms with Crippen LogP contribution < -0.4 is 5.32 Å². The summed E-state index contributed by atoms with van der Waals surface area (Å²) >= 11 is 5.89. The third-order valence-electron chi connectivity index (χ3n) is 3.24. The van der Waals surface area contributed by atoms with E-state index in [0.29, 0.717) is 30.3 Å². The predicted octanol–water partition coefficient (Wildman–Crippen LogP) is 4.08. The van der Waals surface area contributed by atoms with Crippen molar-refractivity contribution in [2.75, 3.05) is 13.2 Å². The minimum atomic E-state index is -0.303. The summed E-state index contributed by atoms with van der Waals surface area (Å²) in [6, 6.07) is 17.4. The van der Waals surface area contributed by atoms with Gasteiger partial charge in [-0.05, 0) is 36.3 Å². The summed E-state index contributed by atoms with van der Waals surface area (Å²) < 4.78 is 5.13. The molecule has 0 aliphatic heterocycles. The zero-order chi connectivity index (χ0) is 16.5. The summed E-state index contributed by atoms with van der Waals surface area (Å²) in [5.74, 6) is -0.303. The molecule has 0 aromatic heterocycles. The minimum Gasteiger partial charge on any atom is -0.463 e. The first-order valence-electron chi connectivity index (χ1n) is 7.57. The number of ether oxygens (including phenoxy) is 1. The van der Waals surface area contributed by atoms with Crippen molar-refractivity contribution in [2.45, 2.75) is 13.5 Å². The Labute approximate surface area is 141 Å². The van der Waals surface area contributed by atoms with Crippen LogP contribution in [0.2, 0.25) is 5.02 Å². The van der Waals surface area contributed by atoms with E-state index in [9.17, 15) is 4.79 Å². The van der Waals surface area contributed by atoms with E-state index in [1.807, 2.05) is 48.5 Å². The second kappa shape index (κ2) is 9.13. The monoisotopic (exact) mass is 329 g/mol. The van der Waals surface area contributed by atoms with Crippen molar-refractivity contribution in [1.29, 1.82) is 0 Å². The number of carbonyl (C=O) groups is 1. The molecule has 1 N–H and O–H groups in total. The van der Waals surface area contributed by atoms with Crippen LogP contribution in [-0.2, 0) is 16.1 Å². The molecule has 0 unspecified atom stereocenters. The average Bonchev–Trinajstić information content (AvgIpc) is 2.57. The quantitative estimate of drug-likeness (QED) is 0.614. The largest absolute Gasteiger partial charge is 0.463 e. The van der Waals surface area contributed by atoms with E-state index in [2.05, 4.69) is 5.32 Å². The molecule has 2 aromatic carbocycles. The summed E-state index contributed by atoms with van der Waals surface area (Å²) in [5.41, 5.74) is 2.67. The zero-order valence-electron chi connectivity index (χ0n) is 13.1. The van der Waals surface area contributed by atoms with Crippen LogP contribution in [-0.4, -0.2) is 19.1 Å². The van der Waals surface area contributed by atoms with Gasteiger partial charge < -0.3 is 10.1 Å². The van der Waals surface area contributed by atoms with Crippen LogP contribution in [0.25, 0.3) is 6.08 Å². The van der Waals surface area contributed by atoms with Gasteiger partial charge >= 0.3 is 5.97 Å². The number of hydrogen-bond donors (Lipinski definition) is 1. The molecule has 0 fully saturated rings. The Morgan fingerprint density at radius 3 is 2.48 bits per heavy atom. The van der Waals surface area contributed by atoms with Gasteiger partial charge in [-0.25, -0.2) is 4.79 Å². The zero-order valence-corrected chi connectivity index (χ0v) is 13.8. The lowest BCUT2D eigenvalue weighted by molar-refractivity contribution is -0.138. The lowest BCUT2D eigenvalue weighted by atomic mass is 10.1. The molecule has 0 heterocycles. The van der Waals surface area contributed by atoms with E-state index < -0.39 is 0 Å². The van der Waals surface area contributed by atoms with Crippen molar-refractivity contribution in [3.8, 4) is 0 Å². The number of benzene rings is 2. The van der Waals surface area contributed by atoms with Gasteiger partial charge in [0.25, 0.3) is 0 Å².